The number of nitrogens with zero attached hydrogens (tertiary/aromatic N) is 1. The van der Waals surface area contributed by atoms with E-state index in [-0.39, 0.29) is 5.82 Å². The van der Waals surface area contributed by atoms with E-state index in [1.807, 2.05) is 5.38 Å². The van der Waals surface area contributed by atoms with Gasteiger partial charge in [0.25, 0.3) is 0 Å². The molecule has 17 heavy (non-hydrogen) atoms. The highest BCUT2D eigenvalue weighted by Gasteiger charge is 2.09. The van der Waals surface area contributed by atoms with Crippen LogP contribution in [0.1, 0.15) is 5.01 Å². The molecule has 0 radical (unpaired) electrons. The summed E-state index contributed by atoms with van der Waals surface area (Å²) < 4.78 is 12.8. The number of halogens is 1. The molecule has 0 amide bonds. The Bertz CT molecular complexity index is 551. The normalized spacial score (nSPS) is 14.5. The summed E-state index contributed by atoms with van der Waals surface area (Å²) in [5.41, 5.74) is 3.25. The van der Waals surface area contributed by atoms with Crippen molar-refractivity contribution in [1.29, 1.82) is 0 Å². The molecule has 0 unspecified atom stereocenters. The first kappa shape index (κ1) is 10.6. The summed E-state index contributed by atoms with van der Waals surface area (Å²) in [7, 11) is 0. The molecule has 1 aromatic carbocycles. The minimum atomic E-state index is -0.216. The first-order valence-corrected chi connectivity index (χ1v) is 6.31. The van der Waals surface area contributed by atoms with Gasteiger partial charge in [-0.15, -0.1) is 11.3 Å². The number of hydrogen-bond acceptors (Lipinski definition) is 3. The number of aromatic nitrogens is 1. The van der Waals surface area contributed by atoms with Crippen molar-refractivity contribution < 1.29 is 4.39 Å². The molecule has 0 saturated carbocycles. The Morgan fingerprint density at radius 3 is 2.65 bits per heavy atom. The van der Waals surface area contributed by atoms with E-state index in [1.165, 1.54) is 17.7 Å². The van der Waals surface area contributed by atoms with Crippen LogP contribution in [0, 0.1) is 5.82 Å². The fourth-order valence-corrected chi connectivity index (χ4v) is 2.46. The molecule has 1 N–H and O–H groups in total. The third kappa shape index (κ3) is 2.28. The van der Waals surface area contributed by atoms with Crippen LogP contribution in [-0.2, 0) is 0 Å². The van der Waals surface area contributed by atoms with Crippen molar-refractivity contribution in [3.63, 3.8) is 0 Å². The van der Waals surface area contributed by atoms with Gasteiger partial charge in [-0.2, -0.15) is 0 Å². The molecule has 1 saturated heterocycles. The van der Waals surface area contributed by atoms with Gasteiger partial charge in [0.1, 0.15) is 10.8 Å². The van der Waals surface area contributed by atoms with E-state index < -0.39 is 0 Å². The standard InChI is InChI=1S/C13H11FN2S/c14-11-3-1-10(2-4-11)12-8-17-13(16-12)5-9-6-15-7-9/h1-5,8,15H,6-7H2. The summed E-state index contributed by atoms with van der Waals surface area (Å²) in [6, 6.07) is 6.43. The summed E-state index contributed by atoms with van der Waals surface area (Å²) >= 11 is 1.62. The summed E-state index contributed by atoms with van der Waals surface area (Å²) in [5, 5.41) is 6.21. The van der Waals surface area contributed by atoms with E-state index in [0.717, 1.165) is 29.4 Å². The Morgan fingerprint density at radius 1 is 1.24 bits per heavy atom. The van der Waals surface area contributed by atoms with Crippen LogP contribution in [0.25, 0.3) is 17.3 Å². The third-order valence-corrected chi connectivity index (χ3v) is 3.49. The van der Waals surface area contributed by atoms with Crippen LogP contribution in [0.15, 0.2) is 35.2 Å². The highest BCUT2D eigenvalue weighted by molar-refractivity contribution is 7.10. The number of benzene rings is 1. The van der Waals surface area contributed by atoms with Crippen molar-refractivity contribution in [1.82, 2.24) is 10.3 Å². The minimum absolute atomic E-state index is 0.216. The summed E-state index contributed by atoms with van der Waals surface area (Å²) in [6.07, 6.45) is 2.12. The maximum Gasteiger partial charge on any atom is 0.123 e. The zero-order valence-corrected chi connectivity index (χ0v) is 9.93. The van der Waals surface area contributed by atoms with Gasteiger partial charge in [0.2, 0.25) is 0 Å². The van der Waals surface area contributed by atoms with Gasteiger partial charge in [0.05, 0.1) is 5.69 Å². The number of thiazole rings is 1. The second kappa shape index (κ2) is 4.39. The van der Waals surface area contributed by atoms with Crippen LogP contribution < -0.4 is 5.32 Å². The maximum absolute atomic E-state index is 12.8. The van der Waals surface area contributed by atoms with Crippen LogP contribution in [0.4, 0.5) is 4.39 Å². The molecule has 0 bridgehead atoms. The minimum Gasteiger partial charge on any atom is -0.309 e. The topological polar surface area (TPSA) is 24.9 Å². The summed E-state index contributed by atoms with van der Waals surface area (Å²) in [4.78, 5) is 4.52. The Labute approximate surface area is 103 Å². The predicted octanol–water partition coefficient (Wildman–Crippen LogP) is 2.94. The van der Waals surface area contributed by atoms with Crippen molar-refractivity contribution in [3.8, 4) is 11.3 Å². The molecule has 0 spiro atoms. The highest BCUT2D eigenvalue weighted by Crippen LogP contribution is 2.23. The van der Waals surface area contributed by atoms with Crippen LogP contribution in [-0.4, -0.2) is 18.1 Å². The van der Waals surface area contributed by atoms with Crippen LogP contribution >= 0.6 is 11.3 Å². The van der Waals surface area contributed by atoms with E-state index in [9.17, 15) is 4.39 Å². The van der Waals surface area contributed by atoms with Gasteiger partial charge in [0, 0.05) is 24.0 Å². The zero-order valence-electron chi connectivity index (χ0n) is 9.11. The zero-order chi connectivity index (χ0) is 11.7. The van der Waals surface area contributed by atoms with Crippen LogP contribution in [0.2, 0.25) is 0 Å². The second-order valence-electron chi connectivity index (χ2n) is 3.98. The Hall–Kier alpha value is -1.52. The molecule has 2 nitrogen and oxygen atoms in total. The summed E-state index contributed by atoms with van der Waals surface area (Å²) in [5.74, 6) is -0.216. The lowest BCUT2D eigenvalue weighted by Gasteiger charge is -2.17. The third-order valence-electron chi connectivity index (χ3n) is 2.69. The molecule has 1 fully saturated rings. The van der Waals surface area contributed by atoms with Gasteiger partial charge in [0.15, 0.2) is 0 Å². The quantitative estimate of drug-likeness (QED) is 0.881. The Balaban J connectivity index is 1.86. The average molecular weight is 246 g/mol. The van der Waals surface area contributed by atoms with Gasteiger partial charge in [-0.3, -0.25) is 0 Å². The molecule has 2 heterocycles. The lowest BCUT2D eigenvalue weighted by molar-refractivity contribution is 0.628. The van der Waals surface area contributed by atoms with Crippen LogP contribution in [0.3, 0.4) is 0 Å². The first-order valence-electron chi connectivity index (χ1n) is 5.43. The molecule has 0 aliphatic carbocycles. The molecule has 86 valence electrons. The highest BCUT2D eigenvalue weighted by atomic mass is 32.1. The lowest BCUT2D eigenvalue weighted by atomic mass is 10.1. The van der Waals surface area contributed by atoms with Crippen molar-refractivity contribution in [2.75, 3.05) is 13.1 Å². The molecule has 2 aromatic rings. The van der Waals surface area contributed by atoms with Crippen molar-refractivity contribution >= 4 is 17.4 Å². The van der Waals surface area contributed by atoms with E-state index in [1.54, 1.807) is 23.5 Å². The molecule has 0 atom stereocenters. The Morgan fingerprint density at radius 2 is 2.00 bits per heavy atom. The van der Waals surface area contributed by atoms with Gasteiger partial charge in [-0.05, 0) is 35.9 Å². The first-order chi connectivity index (χ1) is 8.31. The molecular weight excluding hydrogens is 235 g/mol. The number of rotatable bonds is 2. The average Bonchev–Trinajstić information content (AvgIpc) is 2.73. The van der Waals surface area contributed by atoms with Gasteiger partial charge >= 0.3 is 0 Å². The van der Waals surface area contributed by atoms with E-state index >= 15 is 0 Å². The molecular formula is C13H11FN2S. The SMILES string of the molecule is Fc1ccc(-c2csc(C=C3CNC3)n2)cc1. The Kier molecular flexibility index (Phi) is 2.74. The van der Waals surface area contributed by atoms with Crippen molar-refractivity contribution in [3.05, 3.63) is 46.0 Å². The fourth-order valence-electron chi connectivity index (χ4n) is 1.65. The largest absolute Gasteiger partial charge is 0.309 e. The van der Waals surface area contributed by atoms with Gasteiger partial charge in [-0.25, -0.2) is 9.37 Å². The molecule has 4 heteroatoms. The fraction of sp³-hybridized carbons (Fsp3) is 0.154. The van der Waals surface area contributed by atoms with E-state index in [0.29, 0.717) is 0 Å². The molecule has 3 rings (SSSR count). The number of nitrogens with one attached hydrogen (secondary N) is 1. The summed E-state index contributed by atoms with van der Waals surface area (Å²) in [6.45, 7) is 1.93. The smallest absolute Gasteiger partial charge is 0.123 e. The maximum atomic E-state index is 12.8. The molecule has 1 aromatic heterocycles. The predicted molar refractivity (Wildman–Crippen MR) is 68.4 cm³/mol. The van der Waals surface area contributed by atoms with Crippen LogP contribution in [0.5, 0.6) is 0 Å². The van der Waals surface area contributed by atoms with Gasteiger partial charge < -0.3 is 5.32 Å². The molecule has 1 aliphatic rings. The second-order valence-corrected chi connectivity index (χ2v) is 4.87. The lowest BCUT2D eigenvalue weighted by Crippen LogP contribution is -2.33. The number of hydrogen-bond donors (Lipinski definition) is 1. The van der Waals surface area contributed by atoms with Crippen molar-refractivity contribution in [2.24, 2.45) is 0 Å². The van der Waals surface area contributed by atoms with E-state index in [4.69, 9.17) is 0 Å². The van der Waals surface area contributed by atoms with Crippen molar-refractivity contribution in [2.45, 2.75) is 0 Å². The monoisotopic (exact) mass is 246 g/mol. The molecule has 1 aliphatic heterocycles. The van der Waals surface area contributed by atoms with E-state index in [2.05, 4.69) is 16.4 Å². The van der Waals surface area contributed by atoms with Gasteiger partial charge in [-0.1, -0.05) is 0 Å².